The number of aromatic nitrogens is 2. The normalized spacial score (nSPS) is 12.1. The summed E-state index contributed by atoms with van der Waals surface area (Å²) in [7, 11) is 5.60. The van der Waals surface area contributed by atoms with Gasteiger partial charge in [0.05, 0.1) is 13.2 Å². The Morgan fingerprint density at radius 3 is 2.70 bits per heavy atom. The van der Waals surface area contributed by atoms with Crippen LogP contribution in [0.1, 0.15) is 16.8 Å². The van der Waals surface area contributed by atoms with Crippen molar-refractivity contribution in [1.29, 1.82) is 0 Å². The summed E-state index contributed by atoms with van der Waals surface area (Å²) in [6.45, 7) is 0.520. The predicted octanol–water partition coefficient (Wildman–Crippen LogP) is 2.77. The zero-order valence-electron chi connectivity index (χ0n) is 15.5. The monoisotopic (exact) mass is 386 g/mol. The molecular formula is C19H22N4O3S. The third-order valence-electron chi connectivity index (χ3n) is 4.12. The summed E-state index contributed by atoms with van der Waals surface area (Å²) in [6, 6.07) is 11.5. The fraction of sp³-hybridized carbons (Fsp3) is 0.316. The summed E-state index contributed by atoms with van der Waals surface area (Å²) < 4.78 is 10.3. The van der Waals surface area contributed by atoms with E-state index in [2.05, 4.69) is 26.4 Å². The van der Waals surface area contributed by atoms with Crippen LogP contribution >= 0.6 is 11.3 Å². The summed E-state index contributed by atoms with van der Waals surface area (Å²) in [5.74, 6) is 1.34. The molecule has 8 heteroatoms. The van der Waals surface area contributed by atoms with E-state index in [4.69, 9.17) is 9.26 Å². The van der Waals surface area contributed by atoms with Crippen molar-refractivity contribution in [3.63, 3.8) is 0 Å². The lowest BCUT2D eigenvalue weighted by Crippen LogP contribution is -2.35. The molecule has 1 atom stereocenters. The van der Waals surface area contributed by atoms with Crippen molar-refractivity contribution < 1.29 is 14.1 Å². The third kappa shape index (κ3) is 4.93. The second-order valence-corrected chi connectivity index (χ2v) is 7.20. The van der Waals surface area contributed by atoms with Gasteiger partial charge in [-0.3, -0.25) is 4.79 Å². The van der Waals surface area contributed by atoms with E-state index < -0.39 is 0 Å². The molecule has 0 aliphatic rings. The smallest absolute Gasteiger partial charge is 0.236 e. The molecule has 0 saturated heterocycles. The van der Waals surface area contributed by atoms with Crippen molar-refractivity contribution in [2.24, 2.45) is 0 Å². The van der Waals surface area contributed by atoms with Crippen LogP contribution in [-0.4, -0.2) is 48.7 Å². The van der Waals surface area contributed by atoms with Crippen LogP contribution in [-0.2, 0) is 11.2 Å². The first-order valence-corrected chi connectivity index (χ1v) is 9.38. The topological polar surface area (TPSA) is 80.5 Å². The van der Waals surface area contributed by atoms with E-state index in [9.17, 15) is 4.79 Å². The Bertz CT molecular complexity index is 859. The van der Waals surface area contributed by atoms with Gasteiger partial charge in [-0.2, -0.15) is 4.98 Å². The van der Waals surface area contributed by atoms with Gasteiger partial charge in [-0.25, -0.2) is 0 Å². The van der Waals surface area contributed by atoms with Crippen molar-refractivity contribution in [2.45, 2.75) is 12.5 Å². The first kappa shape index (κ1) is 19.1. The summed E-state index contributed by atoms with van der Waals surface area (Å²) in [5.41, 5.74) is 0.802. The molecular weight excluding hydrogens is 364 g/mol. The highest BCUT2D eigenvalue weighted by Crippen LogP contribution is 2.22. The van der Waals surface area contributed by atoms with Crippen LogP contribution in [0.5, 0.6) is 5.75 Å². The Labute approximate surface area is 162 Å². The molecule has 1 amide bonds. The van der Waals surface area contributed by atoms with E-state index >= 15 is 0 Å². The molecule has 0 fully saturated rings. The Morgan fingerprint density at radius 1 is 1.30 bits per heavy atom. The van der Waals surface area contributed by atoms with Gasteiger partial charge in [-0.1, -0.05) is 11.2 Å². The van der Waals surface area contributed by atoms with E-state index in [1.54, 1.807) is 18.4 Å². The number of methoxy groups -OCH3 is 1. The number of benzene rings is 1. The minimum Gasteiger partial charge on any atom is -0.497 e. The quantitative estimate of drug-likeness (QED) is 0.641. The van der Waals surface area contributed by atoms with E-state index in [0.29, 0.717) is 12.4 Å². The fourth-order valence-corrected chi connectivity index (χ4v) is 3.54. The fourth-order valence-electron chi connectivity index (χ4n) is 2.61. The van der Waals surface area contributed by atoms with Gasteiger partial charge >= 0.3 is 0 Å². The third-order valence-corrected chi connectivity index (χ3v) is 5.09. The predicted molar refractivity (Wildman–Crippen MR) is 104 cm³/mol. The van der Waals surface area contributed by atoms with Gasteiger partial charge in [0.25, 0.3) is 0 Å². The SMILES string of the molecule is COc1ccc(-c2noc(CC(=O)NCC(c3cccs3)N(C)C)n2)cc1. The van der Waals surface area contributed by atoms with E-state index in [1.807, 2.05) is 49.8 Å². The minimum absolute atomic E-state index is 0.0493. The number of likely N-dealkylation sites (N-methyl/N-ethyl adjacent to an activating group) is 1. The van der Waals surface area contributed by atoms with Crippen LogP contribution in [0.15, 0.2) is 46.3 Å². The maximum atomic E-state index is 12.3. The second kappa shape index (κ2) is 8.79. The molecule has 0 aliphatic carbocycles. The molecule has 0 bridgehead atoms. The first-order valence-electron chi connectivity index (χ1n) is 8.50. The van der Waals surface area contributed by atoms with Gasteiger partial charge in [-0.05, 0) is 49.8 Å². The molecule has 0 spiro atoms. The van der Waals surface area contributed by atoms with Crippen LogP contribution in [0.25, 0.3) is 11.4 Å². The molecule has 1 unspecified atom stereocenters. The number of thiophene rings is 1. The summed E-state index contributed by atoms with van der Waals surface area (Å²) in [5, 5.41) is 8.93. The standard InChI is InChI=1S/C19H22N4O3S/c1-23(2)15(16-5-4-10-27-16)12-20-17(24)11-18-21-19(22-26-18)13-6-8-14(25-3)9-7-13/h4-10,15H,11-12H2,1-3H3,(H,20,24). The molecule has 2 aromatic heterocycles. The number of nitrogens with zero attached hydrogens (tertiary/aromatic N) is 3. The minimum atomic E-state index is -0.150. The molecule has 1 N–H and O–H groups in total. The Morgan fingerprint density at radius 2 is 2.07 bits per heavy atom. The zero-order valence-corrected chi connectivity index (χ0v) is 16.3. The first-order chi connectivity index (χ1) is 13.1. The molecule has 1 aromatic carbocycles. The number of nitrogens with one attached hydrogen (secondary N) is 1. The summed E-state index contributed by atoms with van der Waals surface area (Å²) in [4.78, 5) is 19.9. The number of hydrogen-bond donors (Lipinski definition) is 1. The molecule has 0 radical (unpaired) electrons. The van der Waals surface area contributed by atoms with Crippen molar-refractivity contribution in [3.05, 3.63) is 52.5 Å². The maximum absolute atomic E-state index is 12.3. The molecule has 27 heavy (non-hydrogen) atoms. The van der Waals surface area contributed by atoms with Crippen LogP contribution in [0.4, 0.5) is 0 Å². The zero-order chi connectivity index (χ0) is 19.2. The Hall–Kier alpha value is -2.71. The molecule has 142 valence electrons. The molecule has 3 aromatic rings. The lowest BCUT2D eigenvalue weighted by Gasteiger charge is -2.23. The van der Waals surface area contributed by atoms with E-state index in [0.717, 1.165) is 11.3 Å². The van der Waals surface area contributed by atoms with E-state index in [-0.39, 0.29) is 24.3 Å². The average molecular weight is 386 g/mol. The maximum Gasteiger partial charge on any atom is 0.236 e. The van der Waals surface area contributed by atoms with Gasteiger partial charge in [0, 0.05) is 17.0 Å². The highest BCUT2D eigenvalue weighted by molar-refractivity contribution is 7.10. The van der Waals surface area contributed by atoms with Crippen LogP contribution in [0, 0.1) is 0 Å². The largest absolute Gasteiger partial charge is 0.497 e. The number of ether oxygens (including phenoxy) is 1. The molecule has 3 rings (SSSR count). The van der Waals surface area contributed by atoms with Gasteiger partial charge in [-0.15, -0.1) is 11.3 Å². The Kier molecular flexibility index (Phi) is 6.20. The van der Waals surface area contributed by atoms with Gasteiger partial charge in [0.2, 0.25) is 17.6 Å². The van der Waals surface area contributed by atoms with Crippen molar-refractivity contribution in [3.8, 4) is 17.1 Å². The lowest BCUT2D eigenvalue weighted by atomic mass is 10.2. The number of amides is 1. The van der Waals surface area contributed by atoms with Crippen LogP contribution < -0.4 is 10.1 Å². The second-order valence-electron chi connectivity index (χ2n) is 6.22. The van der Waals surface area contributed by atoms with Crippen molar-refractivity contribution in [1.82, 2.24) is 20.4 Å². The molecule has 2 heterocycles. The highest BCUT2D eigenvalue weighted by atomic mass is 32.1. The average Bonchev–Trinajstić information content (AvgIpc) is 3.34. The van der Waals surface area contributed by atoms with Crippen LogP contribution in [0.3, 0.4) is 0 Å². The molecule has 7 nitrogen and oxygen atoms in total. The lowest BCUT2D eigenvalue weighted by molar-refractivity contribution is -0.121. The highest BCUT2D eigenvalue weighted by Gasteiger charge is 2.18. The number of carbonyl (C=O) groups excluding carboxylic acids is 1. The number of rotatable bonds is 8. The Balaban J connectivity index is 1.57. The van der Waals surface area contributed by atoms with E-state index in [1.165, 1.54) is 4.88 Å². The summed E-state index contributed by atoms with van der Waals surface area (Å²) >= 11 is 1.68. The van der Waals surface area contributed by atoms with Gasteiger partial charge < -0.3 is 19.5 Å². The summed E-state index contributed by atoms with van der Waals surface area (Å²) in [6.07, 6.45) is 0.0493. The number of hydrogen-bond acceptors (Lipinski definition) is 7. The number of carbonyl (C=O) groups is 1. The van der Waals surface area contributed by atoms with Crippen molar-refractivity contribution in [2.75, 3.05) is 27.7 Å². The van der Waals surface area contributed by atoms with Crippen LogP contribution in [0.2, 0.25) is 0 Å². The van der Waals surface area contributed by atoms with Crippen molar-refractivity contribution >= 4 is 17.2 Å². The van der Waals surface area contributed by atoms with Gasteiger partial charge in [0.1, 0.15) is 12.2 Å². The molecule has 0 saturated carbocycles. The van der Waals surface area contributed by atoms with Gasteiger partial charge in [0.15, 0.2) is 0 Å². The molecule has 0 aliphatic heterocycles.